The van der Waals surface area contributed by atoms with Crippen LogP contribution in [-0.2, 0) is 4.74 Å². The topological polar surface area (TPSA) is 64.1 Å². The Morgan fingerprint density at radius 3 is 2.53 bits per heavy atom. The molecule has 11 heteroatoms. The van der Waals surface area contributed by atoms with Crippen LogP contribution in [0.1, 0.15) is 16.8 Å². The number of fused-ring (bicyclic) bond motifs is 1. The third-order valence-electron chi connectivity index (χ3n) is 5.50. The lowest BCUT2D eigenvalue weighted by molar-refractivity contribution is 0.0376. The molecule has 1 aliphatic heterocycles. The van der Waals surface area contributed by atoms with Gasteiger partial charge in [0.05, 0.1) is 33.0 Å². The highest BCUT2D eigenvalue weighted by atomic mass is 35.5. The molecule has 0 saturated carbocycles. The van der Waals surface area contributed by atoms with E-state index < -0.39 is 17.5 Å². The first-order valence-electron chi connectivity index (χ1n) is 10.6. The zero-order valence-corrected chi connectivity index (χ0v) is 20.5. The smallest absolute Gasteiger partial charge is 0.263 e. The number of amides is 1. The van der Waals surface area contributed by atoms with Gasteiger partial charge in [-0.25, -0.2) is 13.8 Å². The number of carbonyl (C=O) groups excluding carboxylic acids is 1. The maximum atomic E-state index is 14.5. The van der Waals surface area contributed by atoms with E-state index in [-0.39, 0.29) is 18.0 Å². The van der Waals surface area contributed by atoms with Crippen LogP contribution < -0.4 is 14.4 Å². The van der Waals surface area contributed by atoms with Crippen molar-refractivity contribution in [3.63, 3.8) is 0 Å². The molecule has 7 nitrogen and oxygen atoms in total. The second-order valence-corrected chi connectivity index (χ2v) is 8.51. The number of hydrogen-bond donors (Lipinski definition) is 0. The summed E-state index contributed by atoms with van der Waals surface area (Å²) in [6.07, 6.45) is 0.652. The first-order chi connectivity index (χ1) is 16.0. The second-order valence-electron chi connectivity index (χ2n) is 7.53. The van der Waals surface area contributed by atoms with Gasteiger partial charge >= 0.3 is 0 Å². The third kappa shape index (κ3) is 5.57. The summed E-state index contributed by atoms with van der Waals surface area (Å²) in [5.74, 6) is -1.08. The van der Waals surface area contributed by atoms with E-state index in [9.17, 15) is 13.6 Å². The van der Waals surface area contributed by atoms with E-state index in [2.05, 4.69) is 9.88 Å². The average molecular weight is 514 g/mol. The second kappa shape index (κ2) is 11.7. The normalized spacial score (nSPS) is 14.0. The molecule has 0 atom stereocenters. The summed E-state index contributed by atoms with van der Waals surface area (Å²) in [6, 6.07) is 6.47. The van der Waals surface area contributed by atoms with Crippen molar-refractivity contribution in [3.05, 3.63) is 47.5 Å². The van der Waals surface area contributed by atoms with Gasteiger partial charge in [-0.2, -0.15) is 0 Å². The number of anilines is 1. The number of aromatic nitrogens is 1. The number of benzene rings is 2. The highest BCUT2D eigenvalue weighted by Gasteiger charge is 2.26. The van der Waals surface area contributed by atoms with E-state index in [1.54, 1.807) is 26.4 Å². The monoisotopic (exact) mass is 513 g/mol. The van der Waals surface area contributed by atoms with Crippen molar-refractivity contribution in [3.8, 4) is 11.5 Å². The number of carbonyl (C=O) groups is 1. The van der Waals surface area contributed by atoms with Crippen molar-refractivity contribution in [1.82, 2.24) is 9.88 Å². The van der Waals surface area contributed by atoms with Crippen LogP contribution in [0, 0.1) is 11.6 Å². The molecular weight excluding hydrogens is 488 g/mol. The lowest BCUT2D eigenvalue weighted by atomic mass is 10.1. The number of methoxy groups -OCH3 is 2. The Balaban J connectivity index is 0.00000324. The van der Waals surface area contributed by atoms with Crippen LogP contribution in [-0.4, -0.2) is 69.4 Å². The number of hydrogen-bond acceptors (Lipinski definition) is 7. The number of rotatable bonds is 8. The average Bonchev–Trinajstić information content (AvgIpc) is 3.26. The number of thiazole rings is 1. The van der Waals surface area contributed by atoms with Crippen molar-refractivity contribution < 1.29 is 27.8 Å². The van der Waals surface area contributed by atoms with Crippen LogP contribution in [0.25, 0.3) is 10.2 Å². The fraction of sp³-hybridized carbons (Fsp3) is 0.391. The Morgan fingerprint density at radius 2 is 1.85 bits per heavy atom. The lowest BCUT2D eigenvalue weighted by Gasteiger charge is -2.27. The summed E-state index contributed by atoms with van der Waals surface area (Å²) < 4.78 is 44.9. The highest BCUT2D eigenvalue weighted by Crippen LogP contribution is 2.40. The third-order valence-corrected chi connectivity index (χ3v) is 6.59. The molecule has 1 amide bonds. The predicted molar refractivity (Wildman–Crippen MR) is 130 cm³/mol. The highest BCUT2D eigenvalue weighted by molar-refractivity contribution is 7.22. The Hall–Kier alpha value is -2.53. The summed E-state index contributed by atoms with van der Waals surface area (Å²) in [5, 5.41) is 0.392. The molecule has 1 aromatic heterocycles. The summed E-state index contributed by atoms with van der Waals surface area (Å²) in [6.45, 7) is 4.10. The summed E-state index contributed by atoms with van der Waals surface area (Å²) in [4.78, 5) is 21.7. The molecule has 0 aliphatic carbocycles. The Morgan fingerprint density at radius 1 is 1.15 bits per heavy atom. The molecule has 0 radical (unpaired) electrons. The van der Waals surface area contributed by atoms with E-state index >= 15 is 0 Å². The van der Waals surface area contributed by atoms with Crippen LogP contribution in [0.3, 0.4) is 0 Å². The molecule has 0 unspecified atom stereocenters. The fourth-order valence-corrected chi connectivity index (χ4v) is 4.86. The SMILES string of the molecule is COc1ccc(OC)c2sc(N(CCCN3CCOCC3)C(=O)c3ccc(F)cc3F)nc12.Cl. The Labute approximate surface area is 206 Å². The molecule has 1 aliphatic rings. The van der Waals surface area contributed by atoms with Gasteiger partial charge in [0.15, 0.2) is 5.13 Å². The van der Waals surface area contributed by atoms with E-state index in [0.29, 0.717) is 54.4 Å². The number of halogens is 3. The van der Waals surface area contributed by atoms with E-state index in [1.807, 2.05) is 0 Å². The fourth-order valence-electron chi connectivity index (χ4n) is 3.76. The number of nitrogens with zero attached hydrogens (tertiary/aromatic N) is 3. The van der Waals surface area contributed by atoms with Gasteiger partial charge in [0.1, 0.15) is 33.4 Å². The minimum absolute atomic E-state index is 0. The van der Waals surface area contributed by atoms with Crippen molar-refractivity contribution >= 4 is 45.0 Å². The minimum Gasteiger partial charge on any atom is -0.495 e. The van der Waals surface area contributed by atoms with Crippen LogP contribution in [0.15, 0.2) is 30.3 Å². The standard InChI is InChI=1S/C23H25F2N3O4S.ClH/c1-30-18-6-7-19(31-2)21-20(18)26-23(33-21)28(9-3-8-27-10-12-32-13-11-27)22(29)16-5-4-15(24)14-17(16)25;/h4-7,14H,3,8-13H2,1-2H3;1H. The minimum atomic E-state index is -0.908. The molecule has 0 bridgehead atoms. The molecule has 3 aromatic rings. The maximum absolute atomic E-state index is 14.5. The summed E-state index contributed by atoms with van der Waals surface area (Å²) >= 11 is 1.26. The lowest BCUT2D eigenvalue weighted by Crippen LogP contribution is -2.39. The van der Waals surface area contributed by atoms with Crippen molar-refractivity contribution in [2.45, 2.75) is 6.42 Å². The van der Waals surface area contributed by atoms with E-state index in [0.717, 1.165) is 36.5 Å². The Bertz CT molecular complexity index is 1100. The molecular formula is C23H26ClF2N3O4S. The van der Waals surface area contributed by atoms with Gasteiger partial charge < -0.3 is 14.2 Å². The molecule has 0 N–H and O–H groups in total. The quantitative estimate of drug-likeness (QED) is 0.445. The van der Waals surface area contributed by atoms with Gasteiger partial charge in [0, 0.05) is 32.2 Å². The van der Waals surface area contributed by atoms with Gasteiger partial charge in [0.2, 0.25) is 0 Å². The van der Waals surface area contributed by atoms with Gasteiger partial charge in [-0.05, 0) is 30.7 Å². The maximum Gasteiger partial charge on any atom is 0.263 e. The van der Waals surface area contributed by atoms with E-state index in [1.165, 1.54) is 16.2 Å². The van der Waals surface area contributed by atoms with Crippen molar-refractivity contribution in [2.75, 3.05) is 58.5 Å². The van der Waals surface area contributed by atoms with Gasteiger partial charge in [-0.3, -0.25) is 14.6 Å². The van der Waals surface area contributed by atoms with Crippen LogP contribution in [0.5, 0.6) is 11.5 Å². The van der Waals surface area contributed by atoms with E-state index in [4.69, 9.17) is 14.2 Å². The van der Waals surface area contributed by atoms with Crippen LogP contribution in [0.2, 0.25) is 0 Å². The van der Waals surface area contributed by atoms with Gasteiger partial charge in [0.25, 0.3) is 5.91 Å². The Kier molecular flexibility index (Phi) is 9.01. The molecule has 2 aromatic carbocycles. The number of morpholine rings is 1. The molecule has 1 fully saturated rings. The molecule has 1 saturated heterocycles. The predicted octanol–water partition coefficient (Wildman–Crippen LogP) is 4.38. The zero-order valence-electron chi connectivity index (χ0n) is 18.9. The van der Waals surface area contributed by atoms with Crippen LogP contribution >= 0.6 is 23.7 Å². The number of ether oxygens (including phenoxy) is 3. The van der Waals surface area contributed by atoms with Gasteiger partial charge in [-0.1, -0.05) is 11.3 Å². The van der Waals surface area contributed by atoms with Crippen molar-refractivity contribution in [2.24, 2.45) is 0 Å². The molecule has 4 rings (SSSR count). The van der Waals surface area contributed by atoms with Gasteiger partial charge in [-0.15, -0.1) is 12.4 Å². The first kappa shape index (κ1) is 26.1. The first-order valence-corrected chi connectivity index (χ1v) is 11.4. The summed E-state index contributed by atoms with van der Waals surface area (Å²) in [7, 11) is 3.10. The van der Waals surface area contributed by atoms with Crippen LogP contribution in [0.4, 0.5) is 13.9 Å². The largest absolute Gasteiger partial charge is 0.495 e. The summed E-state index contributed by atoms with van der Waals surface area (Å²) in [5.41, 5.74) is 0.350. The molecule has 0 spiro atoms. The molecule has 2 heterocycles. The zero-order chi connectivity index (χ0) is 23.4. The van der Waals surface area contributed by atoms with Crippen molar-refractivity contribution in [1.29, 1.82) is 0 Å². The molecule has 184 valence electrons. The molecule has 34 heavy (non-hydrogen) atoms.